The van der Waals surface area contributed by atoms with Crippen LogP contribution in [0.4, 0.5) is 5.82 Å². The summed E-state index contributed by atoms with van der Waals surface area (Å²) in [6.45, 7) is 6.54. The Hall–Kier alpha value is -1.22. The molecule has 3 nitrogen and oxygen atoms in total. The van der Waals surface area contributed by atoms with Gasteiger partial charge in [0.15, 0.2) is 0 Å². The van der Waals surface area contributed by atoms with Crippen LogP contribution in [0, 0.1) is 0 Å². The number of methoxy groups -OCH3 is 1. The molecule has 0 aliphatic carbocycles. The lowest BCUT2D eigenvalue weighted by atomic mass is 9.83. The standard InChI is InChI=1S/C11H15N2.C2H6O/c1-8-11(2,3)9-6-5-7-13(4)10(9)12-8;1-3-2/h5-7H,1-4H3;1-2H3/q+1;. The molecule has 0 fully saturated rings. The van der Waals surface area contributed by atoms with Crippen LogP contribution < -0.4 is 4.57 Å². The molecule has 1 aliphatic heterocycles. The van der Waals surface area contributed by atoms with E-state index in [9.17, 15) is 0 Å². The highest BCUT2D eigenvalue weighted by Crippen LogP contribution is 2.36. The van der Waals surface area contributed by atoms with Crippen molar-refractivity contribution in [3.8, 4) is 0 Å². The number of nitrogens with zero attached hydrogens (tertiary/aromatic N) is 2. The van der Waals surface area contributed by atoms with Gasteiger partial charge in [-0.3, -0.25) is 0 Å². The lowest BCUT2D eigenvalue weighted by Gasteiger charge is -2.15. The minimum absolute atomic E-state index is 0.106. The Morgan fingerprint density at radius 1 is 1.31 bits per heavy atom. The van der Waals surface area contributed by atoms with Crippen LogP contribution in [0.2, 0.25) is 0 Å². The molecule has 0 radical (unpaired) electrons. The molecule has 0 saturated carbocycles. The summed E-state index contributed by atoms with van der Waals surface area (Å²) in [5, 5.41) is 0. The highest BCUT2D eigenvalue weighted by atomic mass is 16.4. The van der Waals surface area contributed by atoms with Crippen molar-refractivity contribution in [3.05, 3.63) is 23.9 Å². The van der Waals surface area contributed by atoms with E-state index in [-0.39, 0.29) is 5.41 Å². The van der Waals surface area contributed by atoms with Gasteiger partial charge in [-0.25, -0.2) is 4.57 Å². The second kappa shape index (κ2) is 4.74. The summed E-state index contributed by atoms with van der Waals surface area (Å²) in [5.41, 5.74) is 2.63. The van der Waals surface area contributed by atoms with E-state index < -0.39 is 0 Å². The average Bonchev–Trinajstić information content (AvgIpc) is 2.43. The van der Waals surface area contributed by atoms with E-state index in [4.69, 9.17) is 0 Å². The zero-order valence-electron chi connectivity index (χ0n) is 11.0. The van der Waals surface area contributed by atoms with E-state index in [1.807, 2.05) is 13.2 Å². The van der Waals surface area contributed by atoms with Crippen molar-refractivity contribution < 1.29 is 9.30 Å². The fourth-order valence-electron chi connectivity index (χ4n) is 1.72. The number of rotatable bonds is 0. The minimum atomic E-state index is 0.106. The van der Waals surface area contributed by atoms with Crippen LogP contribution in [0.15, 0.2) is 23.3 Å². The maximum absolute atomic E-state index is 4.58. The van der Waals surface area contributed by atoms with Gasteiger partial charge in [-0.05, 0) is 37.9 Å². The SMILES string of the molecule is CC1=Nc2c(ccc[n+]2C)C1(C)C.COC. The highest BCUT2D eigenvalue weighted by Gasteiger charge is 2.39. The molecule has 0 aromatic carbocycles. The molecule has 1 aliphatic rings. The number of pyridine rings is 1. The van der Waals surface area contributed by atoms with Gasteiger partial charge in [0.1, 0.15) is 5.71 Å². The predicted molar refractivity (Wildman–Crippen MR) is 66.3 cm³/mol. The number of aliphatic imine (C=N–C) groups is 1. The molecular formula is C13H21N2O+. The molecule has 0 saturated heterocycles. The van der Waals surface area contributed by atoms with Gasteiger partial charge >= 0.3 is 5.82 Å². The van der Waals surface area contributed by atoms with Gasteiger partial charge in [-0.15, -0.1) is 0 Å². The van der Waals surface area contributed by atoms with E-state index in [1.54, 1.807) is 14.2 Å². The highest BCUT2D eigenvalue weighted by molar-refractivity contribution is 5.98. The molecule has 16 heavy (non-hydrogen) atoms. The normalized spacial score (nSPS) is 16.0. The van der Waals surface area contributed by atoms with E-state index in [1.165, 1.54) is 11.3 Å². The Labute approximate surface area is 97.8 Å². The topological polar surface area (TPSA) is 25.5 Å². The minimum Gasteiger partial charge on any atom is -0.388 e. The maximum Gasteiger partial charge on any atom is 0.326 e. The average molecular weight is 221 g/mol. The zero-order chi connectivity index (χ0) is 12.3. The van der Waals surface area contributed by atoms with Crippen LogP contribution >= 0.6 is 0 Å². The second-order valence-corrected chi connectivity index (χ2v) is 4.59. The summed E-state index contributed by atoms with van der Waals surface area (Å²) in [6, 6.07) is 4.24. The smallest absolute Gasteiger partial charge is 0.326 e. The van der Waals surface area contributed by atoms with Gasteiger partial charge in [0.2, 0.25) is 0 Å². The van der Waals surface area contributed by atoms with Crippen molar-refractivity contribution in [2.24, 2.45) is 12.0 Å². The number of aromatic nitrogens is 1. The molecular weight excluding hydrogens is 200 g/mol. The molecule has 1 aromatic heterocycles. The fraction of sp³-hybridized carbons (Fsp3) is 0.538. The zero-order valence-corrected chi connectivity index (χ0v) is 11.0. The van der Waals surface area contributed by atoms with E-state index in [0.717, 1.165) is 5.82 Å². The van der Waals surface area contributed by atoms with E-state index >= 15 is 0 Å². The summed E-state index contributed by atoms with van der Waals surface area (Å²) in [4.78, 5) is 4.58. The van der Waals surface area contributed by atoms with Crippen molar-refractivity contribution in [2.75, 3.05) is 14.2 Å². The predicted octanol–water partition coefficient (Wildman–Crippen LogP) is 2.16. The molecule has 88 valence electrons. The molecule has 0 N–H and O–H groups in total. The van der Waals surface area contributed by atoms with Crippen molar-refractivity contribution in [2.45, 2.75) is 26.2 Å². The third kappa shape index (κ3) is 2.14. The number of fused-ring (bicyclic) bond motifs is 1. The molecule has 0 spiro atoms. The summed E-state index contributed by atoms with van der Waals surface area (Å²) >= 11 is 0. The molecule has 0 amide bonds. The Morgan fingerprint density at radius 3 is 2.38 bits per heavy atom. The van der Waals surface area contributed by atoms with Gasteiger partial charge in [-0.1, -0.05) is 0 Å². The number of hydrogen-bond donors (Lipinski definition) is 0. The third-order valence-electron chi connectivity index (χ3n) is 3.00. The van der Waals surface area contributed by atoms with Crippen LogP contribution in [0.25, 0.3) is 0 Å². The fourth-order valence-corrected chi connectivity index (χ4v) is 1.72. The van der Waals surface area contributed by atoms with Gasteiger partial charge in [0.05, 0.1) is 24.2 Å². The molecule has 0 bridgehead atoms. The number of hydrogen-bond acceptors (Lipinski definition) is 2. The quantitative estimate of drug-likeness (QED) is 0.616. The van der Waals surface area contributed by atoms with Crippen molar-refractivity contribution in [1.29, 1.82) is 0 Å². The van der Waals surface area contributed by atoms with Gasteiger partial charge < -0.3 is 4.74 Å². The summed E-state index contributed by atoms with van der Waals surface area (Å²) in [7, 11) is 5.29. The van der Waals surface area contributed by atoms with Crippen LogP contribution in [0.5, 0.6) is 0 Å². The van der Waals surface area contributed by atoms with Gasteiger partial charge in [0.25, 0.3) is 0 Å². The van der Waals surface area contributed by atoms with Crippen LogP contribution in [0.3, 0.4) is 0 Å². The van der Waals surface area contributed by atoms with Crippen LogP contribution in [-0.2, 0) is 17.2 Å². The van der Waals surface area contributed by atoms with Crippen LogP contribution in [0.1, 0.15) is 26.3 Å². The monoisotopic (exact) mass is 221 g/mol. The summed E-state index contributed by atoms with van der Waals surface area (Å²) in [6.07, 6.45) is 2.04. The molecule has 3 heteroatoms. The van der Waals surface area contributed by atoms with E-state index in [2.05, 4.69) is 47.2 Å². The first-order chi connectivity index (χ1) is 7.45. The first kappa shape index (κ1) is 12.8. The Morgan fingerprint density at radius 2 is 1.88 bits per heavy atom. The molecule has 0 atom stereocenters. The molecule has 0 unspecified atom stereocenters. The first-order valence-electron chi connectivity index (χ1n) is 5.40. The molecule has 2 heterocycles. The number of ether oxygens (including phenoxy) is 1. The van der Waals surface area contributed by atoms with Crippen molar-refractivity contribution in [3.63, 3.8) is 0 Å². The Balaban J connectivity index is 0.000000386. The summed E-state index contributed by atoms with van der Waals surface area (Å²) < 4.78 is 6.33. The van der Waals surface area contributed by atoms with Crippen molar-refractivity contribution >= 4 is 11.5 Å². The second-order valence-electron chi connectivity index (χ2n) is 4.59. The Bertz CT molecular complexity index is 408. The third-order valence-corrected chi connectivity index (χ3v) is 3.00. The largest absolute Gasteiger partial charge is 0.388 e. The molecule has 1 aromatic rings. The van der Waals surface area contributed by atoms with Gasteiger partial charge in [-0.2, -0.15) is 0 Å². The number of aryl methyl sites for hydroxylation is 1. The first-order valence-corrected chi connectivity index (χ1v) is 5.40. The lowest BCUT2D eigenvalue weighted by molar-refractivity contribution is -0.658. The Kier molecular flexibility index (Phi) is 3.81. The van der Waals surface area contributed by atoms with Gasteiger partial charge in [0, 0.05) is 14.2 Å². The molecule has 2 rings (SSSR count). The van der Waals surface area contributed by atoms with Crippen molar-refractivity contribution in [1.82, 2.24) is 0 Å². The maximum atomic E-state index is 4.58. The summed E-state index contributed by atoms with van der Waals surface area (Å²) in [5.74, 6) is 1.10. The lowest BCUT2D eigenvalue weighted by Crippen LogP contribution is -2.29. The van der Waals surface area contributed by atoms with Crippen LogP contribution in [-0.4, -0.2) is 19.9 Å². The van der Waals surface area contributed by atoms with E-state index in [0.29, 0.717) is 0 Å².